The van der Waals surface area contributed by atoms with Crippen LogP contribution in [0, 0.1) is 11.7 Å². The van der Waals surface area contributed by atoms with E-state index in [9.17, 15) is 9.18 Å². The Labute approximate surface area is 130 Å². The monoisotopic (exact) mass is 316 g/mol. The third kappa shape index (κ3) is 4.86. The summed E-state index contributed by atoms with van der Waals surface area (Å²) in [5.41, 5.74) is 0.260. The Balaban J connectivity index is 0.00000220. The lowest BCUT2D eigenvalue weighted by Gasteiger charge is -2.23. The van der Waals surface area contributed by atoms with Crippen molar-refractivity contribution < 1.29 is 13.9 Å². The van der Waals surface area contributed by atoms with E-state index in [0.29, 0.717) is 19.1 Å². The molecule has 2 N–H and O–H groups in total. The van der Waals surface area contributed by atoms with Gasteiger partial charge in [-0.2, -0.15) is 0 Å². The normalized spacial score (nSPS) is 17.7. The molecule has 0 saturated carbocycles. The maximum Gasteiger partial charge on any atom is 0.255 e. The molecule has 0 aliphatic carbocycles. The van der Waals surface area contributed by atoms with Crippen molar-refractivity contribution in [1.29, 1.82) is 0 Å². The second-order valence-electron chi connectivity index (χ2n) is 4.97. The van der Waals surface area contributed by atoms with E-state index in [0.717, 1.165) is 25.9 Å². The lowest BCUT2D eigenvalue weighted by molar-refractivity contribution is 0.0940. The van der Waals surface area contributed by atoms with E-state index in [1.54, 1.807) is 13.0 Å². The summed E-state index contributed by atoms with van der Waals surface area (Å²) in [4.78, 5) is 12.2. The smallest absolute Gasteiger partial charge is 0.255 e. The predicted molar refractivity (Wildman–Crippen MR) is 82.7 cm³/mol. The molecule has 1 aromatic rings. The highest BCUT2D eigenvalue weighted by atomic mass is 35.5. The highest BCUT2D eigenvalue weighted by molar-refractivity contribution is 5.97. The molecule has 1 amide bonds. The Kier molecular flexibility index (Phi) is 7.47. The molecule has 2 rings (SSSR count). The molecule has 21 heavy (non-hydrogen) atoms. The predicted octanol–water partition coefficient (Wildman–Crippen LogP) is 2.38. The van der Waals surface area contributed by atoms with Crippen LogP contribution in [0.15, 0.2) is 18.2 Å². The molecule has 1 fully saturated rings. The third-order valence-corrected chi connectivity index (χ3v) is 3.45. The Morgan fingerprint density at radius 1 is 1.52 bits per heavy atom. The SMILES string of the molecule is CCOc1c(F)cccc1C(=O)NCC1CCCNC1.Cl. The maximum absolute atomic E-state index is 13.7. The molecular formula is C15H22ClFN2O2. The number of piperidine rings is 1. The Morgan fingerprint density at radius 2 is 2.33 bits per heavy atom. The lowest BCUT2D eigenvalue weighted by atomic mass is 9.99. The third-order valence-electron chi connectivity index (χ3n) is 3.45. The second kappa shape index (κ2) is 8.85. The van der Waals surface area contributed by atoms with Gasteiger partial charge in [-0.1, -0.05) is 6.07 Å². The van der Waals surface area contributed by atoms with Gasteiger partial charge in [0, 0.05) is 6.54 Å². The average molecular weight is 317 g/mol. The fraction of sp³-hybridized carbons (Fsp3) is 0.533. The number of amides is 1. The van der Waals surface area contributed by atoms with Crippen molar-refractivity contribution in [3.63, 3.8) is 0 Å². The molecule has 1 atom stereocenters. The Morgan fingerprint density at radius 3 is 3.00 bits per heavy atom. The van der Waals surface area contributed by atoms with Crippen LogP contribution < -0.4 is 15.4 Å². The zero-order valence-corrected chi connectivity index (χ0v) is 13.0. The number of hydrogen-bond acceptors (Lipinski definition) is 3. The van der Waals surface area contributed by atoms with Crippen LogP contribution in [0.1, 0.15) is 30.1 Å². The van der Waals surface area contributed by atoms with E-state index in [1.165, 1.54) is 12.1 Å². The first-order chi connectivity index (χ1) is 9.72. The molecular weight excluding hydrogens is 295 g/mol. The summed E-state index contributed by atoms with van der Waals surface area (Å²) >= 11 is 0. The summed E-state index contributed by atoms with van der Waals surface area (Å²) in [6, 6.07) is 4.41. The minimum absolute atomic E-state index is 0. The number of rotatable bonds is 5. The fourth-order valence-electron chi connectivity index (χ4n) is 2.41. The van der Waals surface area contributed by atoms with Gasteiger partial charge in [-0.05, 0) is 50.9 Å². The van der Waals surface area contributed by atoms with E-state index in [-0.39, 0.29) is 29.6 Å². The zero-order chi connectivity index (χ0) is 14.4. The molecule has 6 heteroatoms. The summed E-state index contributed by atoms with van der Waals surface area (Å²) in [5.74, 6) is -0.302. The largest absolute Gasteiger partial charge is 0.490 e. The number of ether oxygens (including phenoxy) is 1. The van der Waals surface area contributed by atoms with Crippen LogP contribution in [0.4, 0.5) is 4.39 Å². The van der Waals surface area contributed by atoms with Gasteiger partial charge in [-0.15, -0.1) is 12.4 Å². The first-order valence-corrected chi connectivity index (χ1v) is 7.12. The van der Waals surface area contributed by atoms with E-state index in [2.05, 4.69) is 10.6 Å². The first-order valence-electron chi connectivity index (χ1n) is 7.12. The Bertz CT molecular complexity index is 465. The number of halogens is 2. The summed E-state index contributed by atoms with van der Waals surface area (Å²) in [6.45, 7) is 4.66. The van der Waals surface area contributed by atoms with Gasteiger partial charge in [-0.25, -0.2) is 4.39 Å². The van der Waals surface area contributed by atoms with Crippen molar-refractivity contribution >= 4 is 18.3 Å². The van der Waals surface area contributed by atoms with Crippen molar-refractivity contribution in [3.8, 4) is 5.75 Å². The average Bonchev–Trinajstić information content (AvgIpc) is 2.48. The first kappa shape index (κ1) is 17.7. The fourth-order valence-corrected chi connectivity index (χ4v) is 2.41. The molecule has 4 nitrogen and oxygen atoms in total. The molecule has 118 valence electrons. The van der Waals surface area contributed by atoms with Crippen molar-refractivity contribution in [3.05, 3.63) is 29.6 Å². The minimum Gasteiger partial charge on any atom is -0.490 e. The number of carbonyl (C=O) groups is 1. The molecule has 1 aliphatic rings. The van der Waals surface area contributed by atoms with E-state index >= 15 is 0 Å². The van der Waals surface area contributed by atoms with Gasteiger partial charge >= 0.3 is 0 Å². The van der Waals surface area contributed by atoms with Crippen LogP contribution in [0.25, 0.3) is 0 Å². The lowest BCUT2D eigenvalue weighted by Crippen LogP contribution is -2.38. The van der Waals surface area contributed by atoms with E-state index < -0.39 is 5.82 Å². The molecule has 0 bridgehead atoms. The van der Waals surface area contributed by atoms with Gasteiger partial charge in [0.1, 0.15) is 0 Å². The van der Waals surface area contributed by atoms with Gasteiger partial charge < -0.3 is 15.4 Å². The van der Waals surface area contributed by atoms with Crippen LogP contribution in [0.5, 0.6) is 5.75 Å². The van der Waals surface area contributed by atoms with Crippen molar-refractivity contribution in [2.45, 2.75) is 19.8 Å². The number of carbonyl (C=O) groups excluding carboxylic acids is 1. The van der Waals surface area contributed by atoms with Crippen LogP contribution in [0.3, 0.4) is 0 Å². The van der Waals surface area contributed by atoms with Crippen LogP contribution >= 0.6 is 12.4 Å². The molecule has 1 heterocycles. The molecule has 0 spiro atoms. The van der Waals surface area contributed by atoms with Crippen molar-refractivity contribution in [1.82, 2.24) is 10.6 Å². The molecule has 1 unspecified atom stereocenters. The Hall–Kier alpha value is -1.33. The van der Waals surface area contributed by atoms with Crippen LogP contribution in [-0.4, -0.2) is 32.1 Å². The highest BCUT2D eigenvalue weighted by Crippen LogP contribution is 2.22. The van der Waals surface area contributed by atoms with E-state index in [4.69, 9.17) is 4.74 Å². The second-order valence-corrected chi connectivity index (χ2v) is 4.97. The number of hydrogen-bond donors (Lipinski definition) is 2. The summed E-state index contributed by atoms with van der Waals surface area (Å²) in [6.07, 6.45) is 2.24. The van der Waals surface area contributed by atoms with Crippen molar-refractivity contribution in [2.75, 3.05) is 26.2 Å². The molecule has 0 radical (unpaired) electrons. The van der Waals surface area contributed by atoms with E-state index in [1.807, 2.05) is 0 Å². The van der Waals surface area contributed by atoms with Gasteiger partial charge in [0.25, 0.3) is 5.91 Å². The van der Waals surface area contributed by atoms with Gasteiger partial charge in [-0.3, -0.25) is 4.79 Å². The summed E-state index contributed by atoms with van der Waals surface area (Å²) < 4.78 is 18.9. The summed E-state index contributed by atoms with van der Waals surface area (Å²) in [5, 5.41) is 6.17. The number of para-hydroxylation sites is 1. The van der Waals surface area contributed by atoms with Gasteiger partial charge in [0.05, 0.1) is 12.2 Å². The van der Waals surface area contributed by atoms with Gasteiger partial charge in [0.2, 0.25) is 0 Å². The molecule has 0 aromatic heterocycles. The minimum atomic E-state index is -0.501. The van der Waals surface area contributed by atoms with Gasteiger partial charge in [0.15, 0.2) is 11.6 Å². The quantitative estimate of drug-likeness (QED) is 0.877. The molecule has 1 aromatic carbocycles. The van der Waals surface area contributed by atoms with Crippen LogP contribution in [0.2, 0.25) is 0 Å². The molecule has 1 saturated heterocycles. The number of benzene rings is 1. The van der Waals surface area contributed by atoms with Crippen molar-refractivity contribution in [2.24, 2.45) is 5.92 Å². The maximum atomic E-state index is 13.7. The highest BCUT2D eigenvalue weighted by Gasteiger charge is 2.18. The zero-order valence-electron chi connectivity index (χ0n) is 12.2. The topological polar surface area (TPSA) is 50.4 Å². The molecule has 1 aliphatic heterocycles. The standard InChI is InChI=1S/C15H21FN2O2.ClH/c1-2-20-14-12(6-3-7-13(14)16)15(19)18-10-11-5-4-8-17-9-11;/h3,6-7,11,17H,2,4-5,8-10H2,1H3,(H,18,19);1H. The number of nitrogens with one attached hydrogen (secondary N) is 2. The summed E-state index contributed by atoms with van der Waals surface area (Å²) in [7, 11) is 0. The van der Waals surface area contributed by atoms with Crippen LogP contribution in [-0.2, 0) is 0 Å².